The van der Waals surface area contributed by atoms with Gasteiger partial charge in [-0.2, -0.15) is 0 Å². The lowest BCUT2D eigenvalue weighted by molar-refractivity contribution is 0.366. The lowest BCUT2D eigenvalue weighted by atomic mass is 9.83. The molecule has 0 aromatic heterocycles. The van der Waals surface area contributed by atoms with Crippen molar-refractivity contribution in [3.8, 4) is 0 Å². The van der Waals surface area contributed by atoms with Gasteiger partial charge in [-0.05, 0) is 12.8 Å². The van der Waals surface area contributed by atoms with Gasteiger partial charge >= 0.3 is 0 Å². The Morgan fingerprint density at radius 2 is 2.25 bits per heavy atom. The molecule has 2 heteroatoms. The van der Waals surface area contributed by atoms with Gasteiger partial charge in [-0.25, -0.2) is 4.79 Å². The molecule has 1 saturated carbocycles. The van der Waals surface area contributed by atoms with Crippen LogP contribution in [0.5, 0.6) is 0 Å². The maximum atomic E-state index is 9.85. The highest BCUT2D eigenvalue weighted by atomic mass is 16.1. The van der Waals surface area contributed by atoms with E-state index in [1.165, 1.54) is 6.42 Å². The van der Waals surface area contributed by atoms with E-state index in [9.17, 15) is 4.79 Å². The first-order valence-electron chi connectivity index (χ1n) is 2.85. The number of allylic oxidation sites excluding steroid dienone is 1. The predicted octanol–water partition coefficient (Wildman–Crippen LogP) is 0.461. The third kappa shape index (κ3) is 0.749. The minimum absolute atomic E-state index is 0.368. The van der Waals surface area contributed by atoms with Gasteiger partial charge < -0.3 is 5.73 Å². The van der Waals surface area contributed by atoms with Gasteiger partial charge in [0.25, 0.3) is 0 Å². The van der Waals surface area contributed by atoms with Gasteiger partial charge in [0.15, 0.2) is 0 Å². The molecule has 0 aromatic carbocycles. The number of nitrogens with two attached hydrogens (primary N) is 1. The van der Waals surface area contributed by atoms with Crippen LogP contribution in [0.25, 0.3) is 0 Å². The van der Waals surface area contributed by atoms with Crippen LogP contribution in [0.4, 0.5) is 0 Å². The first-order chi connectivity index (χ1) is 3.84. The van der Waals surface area contributed by atoms with Crippen molar-refractivity contribution in [3.05, 3.63) is 5.70 Å². The van der Waals surface area contributed by atoms with Gasteiger partial charge in [0.1, 0.15) is 5.94 Å². The number of hydrogen-bond donors (Lipinski definition) is 1. The lowest BCUT2D eigenvalue weighted by Gasteiger charge is -2.22. The van der Waals surface area contributed by atoms with Crippen LogP contribution in [0.2, 0.25) is 0 Å². The summed E-state index contributed by atoms with van der Waals surface area (Å²) >= 11 is 0. The molecule has 1 aliphatic carbocycles. The van der Waals surface area contributed by atoms with Crippen molar-refractivity contribution in [3.63, 3.8) is 0 Å². The van der Waals surface area contributed by atoms with Crippen LogP contribution in [0.15, 0.2) is 5.70 Å². The molecule has 1 aliphatic rings. The second-order valence-corrected chi connectivity index (χ2v) is 2.19. The first-order valence-corrected chi connectivity index (χ1v) is 2.85. The molecule has 44 valence electrons. The second kappa shape index (κ2) is 2.01. The molecule has 0 aliphatic heterocycles. The molecular weight excluding hydrogens is 102 g/mol. The molecule has 0 amide bonds. The second-order valence-electron chi connectivity index (χ2n) is 2.19. The smallest absolute Gasteiger partial charge is 0.145 e. The molecule has 0 saturated heterocycles. The lowest BCUT2D eigenvalue weighted by Crippen LogP contribution is -2.19. The van der Waals surface area contributed by atoms with E-state index in [4.69, 9.17) is 5.73 Å². The molecule has 0 atom stereocenters. The van der Waals surface area contributed by atoms with Crippen molar-refractivity contribution in [2.24, 2.45) is 11.7 Å². The molecule has 0 heterocycles. The van der Waals surface area contributed by atoms with Crippen LogP contribution in [0.3, 0.4) is 0 Å². The Kier molecular flexibility index (Phi) is 1.36. The van der Waals surface area contributed by atoms with Crippen LogP contribution < -0.4 is 5.73 Å². The highest BCUT2D eigenvalue weighted by molar-refractivity contribution is 5.51. The van der Waals surface area contributed by atoms with Crippen molar-refractivity contribution in [2.45, 2.75) is 19.3 Å². The zero-order chi connectivity index (χ0) is 5.98. The van der Waals surface area contributed by atoms with E-state index in [-0.39, 0.29) is 0 Å². The molecule has 2 N–H and O–H groups in total. The number of carbonyl (C=O) groups excluding carboxylic acids is 1. The van der Waals surface area contributed by atoms with Crippen LogP contribution in [0, 0.1) is 5.92 Å². The zero-order valence-electron chi connectivity index (χ0n) is 4.68. The van der Waals surface area contributed by atoms with E-state index < -0.39 is 0 Å². The summed E-state index contributed by atoms with van der Waals surface area (Å²) in [6.07, 6.45) is 3.38. The average molecular weight is 111 g/mol. The fraction of sp³-hybridized carbons (Fsp3) is 0.667. The van der Waals surface area contributed by atoms with Crippen LogP contribution in [-0.4, -0.2) is 5.94 Å². The van der Waals surface area contributed by atoms with E-state index in [0.29, 0.717) is 11.6 Å². The summed E-state index contributed by atoms with van der Waals surface area (Å²) in [5.41, 5.74) is 5.68. The van der Waals surface area contributed by atoms with E-state index in [1.807, 2.05) is 0 Å². The normalized spacial score (nSPS) is 19.0. The van der Waals surface area contributed by atoms with Crippen molar-refractivity contribution in [1.29, 1.82) is 0 Å². The van der Waals surface area contributed by atoms with Gasteiger partial charge in [0.05, 0.1) is 5.70 Å². The SMILES string of the molecule is NC(=C=O)C1CCC1. The fourth-order valence-electron chi connectivity index (χ4n) is 0.803. The minimum atomic E-state index is 0.368. The van der Waals surface area contributed by atoms with Crippen molar-refractivity contribution >= 4 is 5.94 Å². The Hall–Kier alpha value is -0.750. The molecule has 0 radical (unpaired) electrons. The molecule has 0 aromatic rings. The molecule has 0 unspecified atom stereocenters. The van der Waals surface area contributed by atoms with Gasteiger partial charge in [0, 0.05) is 5.92 Å². The molecule has 1 fully saturated rings. The summed E-state index contributed by atoms with van der Waals surface area (Å²) in [5, 5.41) is 0. The third-order valence-corrected chi connectivity index (χ3v) is 1.66. The Balaban J connectivity index is 2.46. The standard InChI is InChI=1S/C6H9NO/c7-6(4-8)5-2-1-3-5/h5H,1-3,7H2. The van der Waals surface area contributed by atoms with Gasteiger partial charge in [-0.15, -0.1) is 0 Å². The number of hydrogen-bond acceptors (Lipinski definition) is 2. The summed E-state index contributed by atoms with van der Waals surface area (Å²) in [7, 11) is 0. The van der Waals surface area contributed by atoms with Crippen LogP contribution in [-0.2, 0) is 4.79 Å². The topological polar surface area (TPSA) is 43.1 Å². The summed E-state index contributed by atoms with van der Waals surface area (Å²) in [4.78, 5) is 9.85. The molecule has 0 bridgehead atoms. The molecule has 8 heavy (non-hydrogen) atoms. The first kappa shape index (κ1) is 5.39. The molecule has 2 nitrogen and oxygen atoms in total. The van der Waals surface area contributed by atoms with Crippen LogP contribution in [0.1, 0.15) is 19.3 Å². The van der Waals surface area contributed by atoms with Crippen molar-refractivity contribution < 1.29 is 4.79 Å². The monoisotopic (exact) mass is 111 g/mol. The number of rotatable bonds is 1. The molecular formula is C6H9NO. The predicted molar refractivity (Wildman–Crippen MR) is 30.7 cm³/mol. The largest absolute Gasteiger partial charge is 0.393 e. The molecule has 1 rings (SSSR count). The Bertz CT molecular complexity index is 131. The van der Waals surface area contributed by atoms with E-state index >= 15 is 0 Å². The minimum Gasteiger partial charge on any atom is -0.393 e. The van der Waals surface area contributed by atoms with Gasteiger partial charge in [-0.3, -0.25) is 0 Å². The average Bonchev–Trinajstić information content (AvgIpc) is 1.62. The van der Waals surface area contributed by atoms with Gasteiger partial charge in [0.2, 0.25) is 0 Å². The van der Waals surface area contributed by atoms with Gasteiger partial charge in [-0.1, -0.05) is 6.42 Å². The quantitative estimate of drug-likeness (QED) is 0.499. The fourth-order valence-corrected chi connectivity index (χ4v) is 0.803. The summed E-state index contributed by atoms with van der Waals surface area (Å²) in [6.45, 7) is 0. The van der Waals surface area contributed by atoms with E-state index in [2.05, 4.69) is 0 Å². The Morgan fingerprint density at radius 1 is 1.62 bits per heavy atom. The zero-order valence-corrected chi connectivity index (χ0v) is 4.68. The highest BCUT2D eigenvalue weighted by Crippen LogP contribution is 2.29. The van der Waals surface area contributed by atoms with Crippen molar-refractivity contribution in [2.75, 3.05) is 0 Å². The Labute approximate surface area is 48.4 Å². The summed E-state index contributed by atoms with van der Waals surface area (Å²) in [5.74, 6) is 2.08. The summed E-state index contributed by atoms with van der Waals surface area (Å²) < 4.78 is 0. The van der Waals surface area contributed by atoms with E-state index in [1.54, 1.807) is 5.94 Å². The molecule has 0 spiro atoms. The third-order valence-electron chi connectivity index (χ3n) is 1.66. The highest BCUT2D eigenvalue weighted by Gasteiger charge is 2.20. The van der Waals surface area contributed by atoms with E-state index in [0.717, 1.165) is 12.8 Å². The summed E-state index contributed by atoms with van der Waals surface area (Å²) in [6, 6.07) is 0. The van der Waals surface area contributed by atoms with Crippen LogP contribution >= 0.6 is 0 Å². The Morgan fingerprint density at radius 3 is 2.38 bits per heavy atom. The van der Waals surface area contributed by atoms with Crippen molar-refractivity contribution in [1.82, 2.24) is 0 Å². The maximum Gasteiger partial charge on any atom is 0.145 e. The maximum absolute atomic E-state index is 9.85.